The van der Waals surface area contributed by atoms with Crippen LogP contribution in [0.15, 0.2) is 0 Å². The number of hydrogen-bond donors (Lipinski definition) is 3. The Morgan fingerprint density at radius 1 is 1.25 bits per heavy atom. The van der Waals surface area contributed by atoms with Gasteiger partial charge in [-0.3, -0.25) is 0 Å². The Bertz CT molecular complexity index is 319. The molecule has 90 valence electrons. The molecule has 2 aliphatic carbocycles. The lowest BCUT2D eigenvalue weighted by Gasteiger charge is -2.38. The molecule has 2 amide bonds. The molecular weight excluding hydrogens is 208 g/mol. The zero-order chi connectivity index (χ0) is 11.8. The van der Waals surface area contributed by atoms with Gasteiger partial charge in [-0.1, -0.05) is 13.3 Å². The van der Waals surface area contributed by atoms with Crippen molar-refractivity contribution in [3.63, 3.8) is 0 Å². The van der Waals surface area contributed by atoms with Gasteiger partial charge in [0.25, 0.3) is 0 Å². The second-order valence-corrected chi connectivity index (χ2v) is 5.36. The van der Waals surface area contributed by atoms with Crippen molar-refractivity contribution in [2.75, 3.05) is 6.54 Å². The van der Waals surface area contributed by atoms with E-state index >= 15 is 0 Å². The van der Waals surface area contributed by atoms with Crippen molar-refractivity contribution in [2.24, 2.45) is 5.41 Å². The van der Waals surface area contributed by atoms with Gasteiger partial charge in [0, 0.05) is 6.54 Å². The Kier molecular flexibility index (Phi) is 2.56. The van der Waals surface area contributed by atoms with Crippen LogP contribution in [0.4, 0.5) is 4.79 Å². The minimum atomic E-state index is -0.982. The number of hydrogen-bond acceptors (Lipinski definition) is 2. The number of carboxylic acid groups (broad SMARTS) is 1. The summed E-state index contributed by atoms with van der Waals surface area (Å²) in [6, 6.07) is -0.354. The predicted octanol–water partition coefficient (Wildman–Crippen LogP) is 1.09. The molecule has 0 unspecified atom stereocenters. The molecule has 0 atom stereocenters. The number of urea groups is 1. The Labute approximate surface area is 94.6 Å². The summed E-state index contributed by atoms with van der Waals surface area (Å²) in [5.74, 6) is -0.933. The maximum atomic E-state index is 11.5. The number of carbonyl (C=O) groups excluding carboxylic acids is 1. The molecule has 5 nitrogen and oxygen atoms in total. The number of aliphatic carboxylic acids is 1. The monoisotopic (exact) mass is 226 g/mol. The van der Waals surface area contributed by atoms with Gasteiger partial charge in [0.2, 0.25) is 0 Å². The topological polar surface area (TPSA) is 78.4 Å². The van der Waals surface area contributed by atoms with Crippen molar-refractivity contribution in [2.45, 2.75) is 44.6 Å². The van der Waals surface area contributed by atoms with E-state index in [2.05, 4.69) is 17.6 Å². The van der Waals surface area contributed by atoms with E-state index in [-0.39, 0.29) is 11.4 Å². The Balaban J connectivity index is 1.74. The van der Waals surface area contributed by atoms with Crippen LogP contribution in [-0.4, -0.2) is 29.2 Å². The van der Waals surface area contributed by atoms with Gasteiger partial charge in [0.05, 0.1) is 0 Å². The van der Waals surface area contributed by atoms with Crippen molar-refractivity contribution in [1.29, 1.82) is 0 Å². The van der Waals surface area contributed by atoms with Gasteiger partial charge in [0.15, 0.2) is 0 Å². The number of rotatable bonds is 4. The quantitative estimate of drug-likeness (QED) is 0.671. The highest BCUT2D eigenvalue weighted by Gasteiger charge is 2.51. The SMILES string of the molecule is CC1(CNC(=O)NC2(C(=O)O)CC2)CCC1. The lowest BCUT2D eigenvalue weighted by atomic mass is 9.70. The molecule has 3 N–H and O–H groups in total. The van der Waals surface area contributed by atoms with Crippen molar-refractivity contribution in [3.8, 4) is 0 Å². The van der Waals surface area contributed by atoms with Gasteiger partial charge in [-0.15, -0.1) is 0 Å². The van der Waals surface area contributed by atoms with Crippen LogP contribution in [0.5, 0.6) is 0 Å². The first-order valence-electron chi connectivity index (χ1n) is 5.75. The molecule has 2 rings (SSSR count). The van der Waals surface area contributed by atoms with Crippen molar-refractivity contribution < 1.29 is 14.7 Å². The molecule has 0 radical (unpaired) electrons. The molecule has 0 heterocycles. The normalized spacial score (nSPS) is 24.1. The van der Waals surface area contributed by atoms with Gasteiger partial charge in [-0.2, -0.15) is 0 Å². The average Bonchev–Trinajstić information content (AvgIpc) is 2.93. The Morgan fingerprint density at radius 2 is 1.88 bits per heavy atom. The molecule has 2 aliphatic rings. The molecule has 2 saturated carbocycles. The van der Waals surface area contributed by atoms with Crippen molar-refractivity contribution >= 4 is 12.0 Å². The van der Waals surface area contributed by atoms with Crippen LogP contribution >= 0.6 is 0 Å². The zero-order valence-corrected chi connectivity index (χ0v) is 9.51. The van der Waals surface area contributed by atoms with Crippen LogP contribution in [0.25, 0.3) is 0 Å². The highest BCUT2D eigenvalue weighted by molar-refractivity contribution is 5.88. The van der Waals surface area contributed by atoms with E-state index < -0.39 is 11.5 Å². The molecule has 0 spiro atoms. The van der Waals surface area contributed by atoms with E-state index in [4.69, 9.17) is 5.11 Å². The zero-order valence-electron chi connectivity index (χ0n) is 9.51. The standard InChI is InChI=1S/C11H18N2O3/c1-10(3-2-4-10)7-12-9(16)13-11(5-6-11)8(14)15/h2-7H2,1H3,(H,14,15)(H2,12,13,16). The third-order valence-electron chi connectivity index (χ3n) is 3.75. The van der Waals surface area contributed by atoms with Crippen LogP contribution < -0.4 is 10.6 Å². The van der Waals surface area contributed by atoms with E-state index in [1.54, 1.807) is 0 Å². The molecule has 0 aromatic rings. The van der Waals surface area contributed by atoms with E-state index in [9.17, 15) is 9.59 Å². The second-order valence-electron chi connectivity index (χ2n) is 5.36. The first-order valence-corrected chi connectivity index (χ1v) is 5.75. The van der Waals surface area contributed by atoms with Gasteiger partial charge in [-0.25, -0.2) is 9.59 Å². The molecule has 0 aromatic carbocycles. The van der Waals surface area contributed by atoms with Gasteiger partial charge in [-0.05, 0) is 31.1 Å². The van der Waals surface area contributed by atoms with E-state index in [0.29, 0.717) is 19.4 Å². The van der Waals surface area contributed by atoms with Gasteiger partial charge in [0.1, 0.15) is 5.54 Å². The van der Waals surface area contributed by atoms with Crippen LogP contribution in [0.3, 0.4) is 0 Å². The molecule has 0 aliphatic heterocycles. The van der Waals surface area contributed by atoms with Crippen molar-refractivity contribution in [3.05, 3.63) is 0 Å². The lowest BCUT2D eigenvalue weighted by Crippen LogP contribution is -2.50. The lowest BCUT2D eigenvalue weighted by molar-refractivity contribution is -0.140. The Hall–Kier alpha value is -1.26. The average molecular weight is 226 g/mol. The summed E-state index contributed by atoms with van der Waals surface area (Å²) >= 11 is 0. The van der Waals surface area contributed by atoms with Crippen LogP contribution in [-0.2, 0) is 4.79 Å². The van der Waals surface area contributed by atoms with Crippen molar-refractivity contribution in [1.82, 2.24) is 10.6 Å². The molecule has 0 saturated heterocycles. The largest absolute Gasteiger partial charge is 0.480 e. The molecule has 5 heteroatoms. The minimum Gasteiger partial charge on any atom is -0.480 e. The highest BCUT2D eigenvalue weighted by atomic mass is 16.4. The second kappa shape index (κ2) is 3.64. The highest BCUT2D eigenvalue weighted by Crippen LogP contribution is 2.39. The molecule has 0 bridgehead atoms. The molecule has 16 heavy (non-hydrogen) atoms. The summed E-state index contributed by atoms with van der Waals surface area (Å²) < 4.78 is 0. The van der Waals surface area contributed by atoms with E-state index in [1.807, 2.05) is 0 Å². The van der Waals surface area contributed by atoms with Crippen LogP contribution in [0.1, 0.15) is 39.0 Å². The molecular formula is C11H18N2O3. The Morgan fingerprint density at radius 3 is 2.25 bits per heavy atom. The first-order chi connectivity index (χ1) is 7.46. The third kappa shape index (κ3) is 2.13. The third-order valence-corrected chi connectivity index (χ3v) is 3.75. The number of carbonyl (C=O) groups is 2. The smallest absolute Gasteiger partial charge is 0.329 e. The minimum absolute atomic E-state index is 0.220. The number of nitrogens with one attached hydrogen (secondary N) is 2. The van der Waals surface area contributed by atoms with Gasteiger partial charge >= 0.3 is 12.0 Å². The van der Waals surface area contributed by atoms with Gasteiger partial charge < -0.3 is 15.7 Å². The maximum Gasteiger partial charge on any atom is 0.329 e. The van der Waals surface area contributed by atoms with Crippen LogP contribution in [0, 0.1) is 5.41 Å². The number of carboxylic acids is 1. The summed E-state index contributed by atoms with van der Waals surface area (Å²) in [6.07, 6.45) is 4.56. The summed E-state index contributed by atoms with van der Waals surface area (Å²) in [5.41, 5.74) is -0.762. The van der Waals surface area contributed by atoms with E-state index in [1.165, 1.54) is 6.42 Å². The maximum absolute atomic E-state index is 11.5. The molecule has 0 aromatic heterocycles. The first kappa shape index (κ1) is 11.2. The fourth-order valence-corrected chi connectivity index (χ4v) is 2.03. The fourth-order valence-electron chi connectivity index (χ4n) is 2.03. The predicted molar refractivity (Wildman–Crippen MR) is 58.1 cm³/mol. The summed E-state index contributed by atoms with van der Waals surface area (Å²) in [6.45, 7) is 2.77. The number of amides is 2. The summed E-state index contributed by atoms with van der Waals surface area (Å²) in [7, 11) is 0. The fraction of sp³-hybridized carbons (Fsp3) is 0.818. The summed E-state index contributed by atoms with van der Waals surface area (Å²) in [4.78, 5) is 22.3. The van der Waals surface area contributed by atoms with Crippen LogP contribution in [0.2, 0.25) is 0 Å². The summed E-state index contributed by atoms with van der Waals surface area (Å²) in [5, 5.41) is 14.2. The molecule has 2 fully saturated rings. The van der Waals surface area contributed by atoms with E-state index in [0.717, 1.165) is 12.8 Å².